The zero-order chi connectivity index (χ0) is 12.2. The van der Waals surface area contributed by atoms with Crippen LogP contribution in [0.1, 0.15) is 0 Å². The van der Waals surface area contributed by atoms with Gasteiger partial charge in [0, 0.05) is 23.1 Å². The number of allylic oxidation sites excluding steroid dienone is 1. The van der Waals surface area contributed by atoms with E-state index in [0.29, 0.717) is 5.82 Å². The minimum absolute atomic E-state index is 0.336. The van der Waals surface area contributed by atoms with Gasteiger partial charge in [-0.3, -0.25) is 0 Å². The van der Waals surface area contributed by atoms with Crippen molar-refractivity contribution in [2.45, 2.75) is 0 Å². The molecule has 1 aromatic heterocycles. The van der Waals surface area contributed by atoms with Gasteiger partial charge in [-0.1, -0.05) is 0 Å². The third kappa shape index (κ3) is 3.64. The molecule has 0 saturated heterocycles. The molecule has 0 fully saturated rings. The summed E-state index contributed by atoms with van der Waals surface area (Å²) < 4.78 is 23.0. The van der Waals surface area contributed by atoms with E-state index in [0.717, 1.165) is 16.9 Å². The quantitative estimate of drug-likeness (QED) is 0.859. The molecule has 0 unspecified atom stereocenters. The molecule has 0 aliphatic heterocycles. The molecule has 0 bridgehead atoms. The molecule has 0 aromatic carbocycles. The van der Waals surface area contributed by atoms with E-state index in [4.69, 9.17) is 5.26 Å². The van der Waals surface area contributed by atoms with Crippen LogP contribution >= 0.6 is 15.9 Å². The largest absolute Gasteiger partial charge is 0.345 e. The van der Waals surface area contributed by atoms with Gasteiger partial charge in [0.25, 0.3) is 0 Å². The number of anilines is 1. The number of nitrogens with one attached hydrogen (secondary N) is 1. The van der Waals surface area contributed by atoms with E-state index in [-0.39, 0.29) is 4.91 Å². The van der Waals surface area contributed by atoms with Gasteiger partial charge in [0.15, 0.2) is 14.7 Å². The second-order valence-electron chi connectivity index (χ2n) is 2.90. The molecule has 1 aromatic rings. The van der Waals surface area contributed by atoms with E-state index in [9.17, 15) is 8.42 Å². The highest BCUT2D eigenvalue weighted by Crippen LogP contribution is 2.11. The number of sulfone groups is 1. The number of nitriles is 1. The number of hydrogen-bond donors (Lipinski definition) is 1. The van der Waals surface area contributed by atoms with Crippen LogP contribution in [0.15, 0.2) is 33.9 Å². The lowest BCUT2D eigenvalue weighted by molar-refractivity contribution is 0.608. The Kier molecular flexibility index (Phi) is 4.04. The van der Waals surface area contributed by atoms with E-state index in [1.807, 2.05) is 0 Å². The number of rotatable bonds is 3. The maximum Gasteiger partial charge on any atom is 0.187 e. The summed E-state index contributed by atoms with van der Waals surface area (Å²) in [4.78, 5) is 3.62. The number of hydrogen-bond acceptors (Lipinski definition) is 5. The Labute approximate surface area is 102 Å². The molecule has 5 nitrogen and oxygen atoms in total. The molecule has 0 aliphatic carbocycles. The van der Waals surface area contributed by atoms with Crippen molar-refractivity contribution < 1.29 is 8.42 Å². The lowest BCUT2D eigenvalue weighted by Gasteiger charge is -2.00. The van der Waals surface area contributed by atoms with Crippen molar-refractivity contribution in [1.29, 1.82) is 5.26 Å². The van der Waals surface area contributed by atoms with Gasteiger partial charge in [0.05, 0.1) is 0 Å². The van der Waals surface area contributed by atoms with Crippen LogP contribution in [0.2, 0.25) is 0 Å². The summed E-state index contributed by atoms with van der Waals surface area (Å²) in [6.45, 7) is 0. The third-order valence-electron chi connectivity index (χ3n) is 1.59. The Morgan fingerprint density at radius 1 is 1.62 bits per heavy atom. The Morgan fingerprint density at radius 3 is 2.75 bits per heavy atom. The van der Waals surface area contributed by atoms with Crippen molar-refractivity contribution >= 4 is 31.6 Å². The molecule has 16 heavy (non-hydrogen) atoms. The van der Waals surface area contributed by atoms with Gasteiger partial charge in [-0.2, -0.15) is 5.26 Å². The Morgan fingerprint density at radius 2 is 2.31 bits per heavy atom. The second-order valence-corrected chi connectivity index (χ2v) is 5.80. The van der Waals surface area contributed by atoms with Gasteiger partial charge in [-0.05, 0) is 28.1 Å². The van der Waals surface area contributed by atoms with E-state index in [1.165, 1.54) is 0 Å². The smallest absolute Gasteiger partial charge is 0.187 e. The molecule has 0 saturated carbocycles. The first kappa shape index (κ1) is 12.7. The van der Waals surface area contributed by atoms with Gasteiger partial charge in [-0.15, -0.1) is 0 Å². The highest BCUT2D eigenvalue weighted by atomic mass is 79.9. The normalized spacial score (nSPS) is 11.9. The van der Waals surface area contributed by atoms with Crippen LogP contribution in [0.5, 0.6) is 0 Å². The maximum absolute atomic E-state index is 11.1. The number of aromatic nitrogens is 1. The molecular formula is C9H8BrN3O2S. The summed E-state index contributed by atoms with van der Waals surface area (Å²) >= 11 is 3.22. The zero-order valence-electron chi connectivity index (χ0n) is 8.31. The lowest BCUT2D eigenvalue weighted by atomic mass is 10.4. The van der Waals surface area contributed by atoms with Gasteiger partial charge in [0.1, 0.15) is 11.9 Å². The van der Waals surface area contributed by atoms with Crippen molar-refractivity contribution in [2.75, 3.05) is 11.6 Å². The third-order valence-corrected chi connectivity index (χ3v) is 3.07. The minimum atomic E-state index is -3.49. The van der Waals surface area contributed by atoms with Gasteiger partial charge < -0.3 is 5.32 Å². The van der Waals surface area contributed by atoms with E-state index < -0.39 is 9.84 Å². The van der Waals surface area contributed by atoms with E-state index in [2.05, 4.69) is 26.2 Å². The summed E-state index contributed by atoms with van der Waals surface area (Å²) in [7, 11) is -3.49. The molecule has 0 aliphatic rings. The summed E-state index contributed by atoms with van der Waals surface area (Å²) in [5, 5.41) is 11.3. The van der Waals surface area contributed by atoms with E-state index >= 15 is 0 Å². The van der Waals surface area contributed by atoms with E-state index in [1.54, 1.807) is 24.4 Å². The molecule has 0 atom stereocenters. The first-order chi connectivity index (χ1) is 7.43. The van der Waals surface area contributed by atoms with Gasteiger partial charge in [-0.25, -0.2) is 13.4 Å². The van der Waals surface area contributed by atoms with Crippen molar-refractivity contribution in [3.05, 3.63) is 33.9 Å². The molecule has 7 heteroatoms. The van der Waals surface area contributed by atoms with Crippen LogP contribution in [0.25, 0.3) is 0 Å². The number of pyridine rings is 1. The SMILES string of the molecule is CS(=O)(=O)C(C#N)=CNc1ccc(Br)cn1. The van der Waals surface area contributed by atoms with Crippen LogP contribution in [0, 0.1) is 11.3 Å². The highest BCUT2D eigenvalue weighted by Gasteiger charge is 2.09. The number of nitrogens with zero attached hydrogens (tertiary/aromatic N) is 2. The maximum atomic E-state index is 11.1. The summed E-state index contributed by atoms with van der Waals surface area (Å²) in [5.41, 5.74) is 0. The second kappa shape index (κ2) is 5.09. The first-order valence-corrected chi connectivity index (χ1v) is 6.80. The fraction of sp³-hybridized carbons (Fsp3) is 0.111. The topological polar surface area (TPSA) is 82.8 Å². The Hall–Kier alpha value is -1.39. The monoisotopic (exact) mass is 301 g/mol. The van der Waals surface area contributed by atoms with Crippen LogP contribution in [0.3, 0.4) is 0 Å². The molecule has 1 rings (SSSR count). The molecule has 1 heterocycles. The standard InChI is InChI=1S/C9H8BrN3O2S/c1-16(14,15)8(4-11)6-13-9-3-2-7(10)5-12-9/h2-3,5-6H,1H3,(H,12,13). The fourth-order valence-corrected chi connectivity index (χ4v) is 1.50. The van der Waals surface area contributed by atoms with Crippen LogP contribution in [-0.4, -0.2) is 19.7 Å². The summed E-state index contributed by atoms with van der Waals surface area (Å²) in [6.07, 6.45) is 3.65. The van der Waals surface area contributed by atoms with Crippen molar-refractivity contribution in [3.8, 4) is 6.07 Å². The number of halogens is 1. The van der Waals surface area contributed by atoms with Crippen molar-refractivity contribution in [3.63, 3.8) is 0 Å². The van der Waals surface area contributed by atoms with Crippen LogP contribution in [0.4, 0.5) is 5.82 Å². The predicted octanol–water partition coefficient (Wildman–Crippen LogP) is 1.67. The Balaban J connectivity index is 2.88. The average molecular weight is 302 g/mol. The predicted molar refractivity (Wildman–Crippen MR) is 64.1 cm³/mol. The molecule has 1 N–H and O–H groups in total. The lowest BCUT2D eigenvalue weighted by Crippen LogP contribution is -2.02. The average Bonchev–Trinajstić information content (AvgIpc) is 2.19. The Bertz CT molecular complexity index is 543. The molecular weight excluding hydrogens is 294 g/mol. The first-order valence-electron chi connectivity index (χ1n) is 4.12. The van der Waals surface area contributed by atoms with Gasteiger partial charge >= 0.3 is 0 Å². The zero-order valence-corrected chi connectivity index (χ0v) is 10.7. The minimum Gasteiger partial charge on any atom is -0.345 e. The van der Waals surface area contributed by atoms with Gasteiger partial charge in [0.2, 0.25) is 0 Å². The van der Waals surface area contributed by atoms with Crippen LogP contribution in [-0.2, 0) is 9.84 Å². The van der Waals surface area contributed by atoms with Crippen molar-refractivity contribution in [1.82, 2.24) is 4.98 Å². The molecule has 0 spiro atoms. The highest BCUT2D eigenvalue weighted by molar-refractivity contribution is 9.10. The molecule has 0 amide bonds. The van der Waals surface area contributed by atoms with Crippen molar-refractivity contribution in [2.24, 2.45) is 0 Å². The molecule has 0 radical (unpaired) electrons. The summed E-state index contributed by atoms with van der Waals surface area (Å²) in [5.74, 6) is 0.458. The fourth-order valence-electron chi connectivity index (χ4n) is 0.823. The molecule has 84 valence electrons. The summed E-state index contributed by atoms with van der Waals surface area (Å²) in [6, 6.07) is 4.99. The van der Waals surface area contributed by atoms with Crippen LogP contribution < -0.4 is 5.32 Å².